The number of carbonyl (C=O) groups excluding carboxylic acids is 1. The summed E-state index contributed by atoms with van der Waals surface area (Å²) in [7, 11) is -0.449. The van der Waals surface area contributed by atoms with Crippen LogP contribution in [0.25, 0.3) is 0 Å². The zero-order valence-electron chi connectivity index (χ0n) is 18.8. The second-order valence-corrected chi connectivity index (χ2v) is 9.81. The summed E-state index contributed by atoms with van der Waals surface area (Å²) in [5, 5.41) is 3.02. The van der Waals surface area contributed by atoms with Crippen LogP contribution in [-0.2, 0) is 23.1 Å². The van der Waals surface area contributed by atoms with Gasteiger partial charge in [-0.3, -0.25) is 4.79 Å². The summed E-state index contributed by atoms with van der Waals surface area (Å²) in [4.78, 5) is 12.9. The first-order valence-electron chi connectivity index (χ1n) is 10.4. The van der Waals surface area contributed by atoms with E-state index in [-0.39, 0.29) is 17.4 Å². The van der Waals surface area contributed by atoms with E-state index in [9.17, 15) is 13.2 Å². The molecular formula is C25H28N2O4S. The van der Waals surface area contributed by atoms with Gasteiger partial charge in [0.05, 0.1) is 4.90 Å². The molecule has 0 heterocycles. The molecule has 6 nitrogen and oxygen atoms in total. The molecule has 0 spiro atoms. The van der Waals surface area contributed by atoms with Gasteiger partial charge in [-0.15, -0.1) is 0 Å². The van der Waals surface area contributed by atoms with Gasteiger partial charge < -0.3 is 10.1 Å². The van der Waals surface area contributed by atoms with E-state index in [1.807, 2.05) is 25.1 Å². The van der Waals surface area contributed by atoms with Crippen molar-refractivity contribution in [3.63, 3.8) is 0 Å². The van der Waals surface area contributed by atoms with Crippen molar-refractivity contribution in [2.75, 3.05) is 19.4 Å². The predicted octanol–water partition coefficient (Wildman–Crippen LogP) is 4.64. The predicted molar refractivity (Wildman–Crippen MR) is 127 cm³/mol. The maximum Gasteiger partial charge on any atom is 0.255 e. The molecule has 3 rings (SSSR count). The maximum absolute atomic E-state index is 12.7. The Hall–Kier alpha value is -3.16. The number of benzene rings is 3. The highest BCUT2D eigenvalue weighted by Gasteiger charge is 2.16. The number of rotatable bonds is 8. The summed E-state index contributed by atoms with van der Waals surface area (Å²) in [5.74, 6) is 0.454. The molecule has 0 saturated carbocycles. The summed E-state index contributed by atoms with van der Waals surface area (Å²) in [6, 6.07) is 19.5. The highest BCUT2D eigenvalue weighted by atomic mass is 32.2. The van der Waals surface area contributed by atoms with E-state index in [1.54, 1.807) is 48.5 Å². The number of aryl methyl sites for hydroxylation is 2. The molecule has 0 aliphatic heterocycles. The number of hydrogen-bond donors (Lipinski definition) is 1. The highest BCUT2D eigenvalue weighted by molar-refractivity contribution is 7.89. The third-order valence-electron chi connectivity index (χ3n) is 5.20. The van der Waals surface area contributed by atoms with E-state index >= 15 is 0 Å². The molecule has 3 aromatic carbocycles. The fourth-order valence-electron chi connectivity index (χ4n) is 3.23. The zero-order valence-corrected chi connectivity index (χ0v) is 19.6. The average Bonchev–Trinajstić information content (AvgIpc) is 2.79. The average molecular weight is 453 g/mol. The molecular weight excluding hydrogens is 424 g/mol. The van der Waals surface area contributed by atoms with Gasteiger partial charge in [0.1, 0.15) is 12.4 Å². The minimum Gasteiger partial charge on any atom is -0.489 e. The topological polar surface area (TPSA) is 75.7 Å². The van der Waals surface area contributed by atoms with Crippen molar-refractivity contribution in [3.8, 4) is 5.75 Å². The third-order valence-corrected chi connectivity index (χ3v) is 7.03. The van der Waals surface area contributed by atoms with Crippen molar-refractivity contribution in [1.29, 1.82) is 0 Å². The molecule has 3 aromatic rings. The Kier molecular flexibility index (Phi) is 7.33. The largest absolute Gasteiger partial charge is 0.489 e. The normalized spacial score (nSPS) is 11.4. The van der Waals surface area contributed by atoms with Crippen LogP contribution in [0, 0.1) is 6.92 Å². The Balaban J connectivity index is 1.62. The summed E-state index contributed by atoms with van der Waals surface area (Å²) in [6.07, 6.45) is 0.839. The van der Waals surface area contributed by atoms with Crippen LogP contribution in [0.1, 0.15) is 34.0 Å². The maximum atomic E-state index is 12.7. The van der Waals surface area contributed by atoms with Gasteiger partial charge in [-0.25, -0.2) is 12.7 Å². The number of carbonyl (C=O) groups is 1. The Morgan fingerprint density at radius 2 is 1.62 bits per heavy atom. The molecule has 0 aliphatic rings. The standard InChI is InChI=1S/C25H28N2O4S/c1-5-20-8-6-7-18(2)24(20)26-25(28)21-11-13-22(14-12-21)31-17-19-9-15-23(16-10-19)32(29,30)27(3)4/h6-16H,5,17H2,1-4H3,(H,26,28). The fraction of sp³-hybridized carbons (Fsp3) is 0.240. The van der Waals surface area contributed by atoms with Crippen molar-refractivity contribution in [1.82, 2.24) is 4.31 Å². The van der Waals surface area contributed by atoms with E-state index < -0.39 is 10.0 Å². The first-order valence-corrected chi connectivity index (χ1v) is 11.8. The molecule has 7 heteroatoms. The molecule has 1 N–H and O–H groups in total. The monoisotopic (exact) mass is 452 g/mol. The first kappa shape index (κ1) is 23.5. The number of sulfonamides is 1. The molecule has 0 bridgehead atoms. The first-order chi connectivity index (χ1) is 15.2. The number of ether oxygens (including phenoxy) is 1. The van der Waals surface area contributed by atoms with Crippen molar-refractivity contribution >= 4 is 21.6 Å². The minimum atomic E-state index is -3.45. The molecule has 32 heavy (non-hydrogen) atoms. The lowest BCUT2D eigenvalue weighted by molar-refractivity contribution is 0.102. The summed E-state index contributed by atoms with van der Waals surface area (Å²) < 4.78 is 31.2. The quantitative estimate of drug-likeness (QED) is 0.540. The summed E-state index contributed by atoms with van der Waals surface area (Å²) in [6.45, 7) is 4.33. The molecule has 0 aliphatic carbocycles. The fourth-order valence-corrected chi connectivity index (χ4v) is 4.13. The SMILES string of the molecule is CCc1cccc(C)c1NC(=O)c1ccc(OCc2ccc(S(=O)(=O)N(C)C)cc2)cc1. The van der Waals surface area contributed by atoms with Crippen LogP contribution < -0.4 is 10.1 Å². The van der Waals surface area contributed by atoms with E-state index in [4.69, 9.17) is 4.74 Å². The van der Waals surface area contributed by atoms with Gasteiger partial charge in [-0.05, 0) is 66.4 Å². The van der Waals surface area contributed by atoms with Crippen LogP contribution in [0.4, 0.5) is 5.69 Å². The number of para-hydroxylation sites is 1. The van der Waals surface area contributed by atoms with Gasteiger partial charge in [0, 0.05) is 25.3 Å². The van der Waals surface area contributed by atoms with Gasteiger partial charge in [0.15, 0.2) is 0 Å². The number of anilines is 1. The molecule has 168 valence electrons. The molecule has 1 amide bonds. The molecule has 0 saturated heterocycles. The second-order valence-electron chi connectivity index (χ2n) is 7.66. The molecule has 0 fully saturated rings. The van der Waals surface area contributed by atoms with E-state index in [1.165, 1.54) is 18.4 Å². The number of nitrogens with zero attached hydrogens (tertiary/aromatic N) is 1. The minimum absolute atomic E-state index is 0.168. The van der Waals surface area contributed by atoms with Crippen LogP contribution in [-0.4, -0.2) is 32.7 Å². The summed E-state index contributed by atoms with van der Waals surface area (Å²) in [5.41, 5.74) is 4.38. The number of amides is 1. The number of nitrogens with one attached hydrogen (secondary N) is 1. The second kappa shape index (κ2) is 9.97. The van der Waals surface area contributed by atoms with Crippen LogP contribution >= 0.6 is 0 Å². The van der Waals surface area contributed by atoms with Crippen LogP contribution in [0.5, 0.6) is 5.75 Å². The van der Waals surface area contributed by atoms with E-state index in [0.717, 1.165) is 28.8 Å². The molecule has 0 aromatic heterocycles. The van der Waals surface area contributed by atoms with Crippen molar-refractivity contribution < 1.29 is 17.9 Å². The molecule has 0 radical (unpaired) electrons. The number of hydrogen-bond acceptors (Lipinski definition) is 4. The van der Waals surface area contributed by atoms with Crippen molar-refractivity contribution in [3.05, 3.63) is 89.0 Å². The Bertz CT molecular complexity index is 1190. The van der Waals surface area contributed by atoms with Crippen LogP contribution in [0.15, 0.2) is 71.6 Å². The van der Waals surface area contributed by atoms with Crippen molar-refractivity contribution in [2.45, 2.75) is 31.8 Å². The van der Waals surface area contributed by atoms with Gasteiger partial charge in [-0.2, -0.15) is 0 Å². The smallest absolute Gasteiger partial charge is 0.255 e. The van der Waals surface area contributed by atoms with Crippen molar-refractivity contribution in [2.24, 2.45) is 0 Å². The lowest BCUT2D eigenvalue weighted by Crippen LogP contribution is -2.22. The Morgan fingerprint density at radius 1 is 0.969 bits per heavy atom. The van der Waals surface area contributed by atoms with Gasteiger partial charge in [0.2, 0.25) is 10.0 Å². The zero-order chi connectivity index (χ0) is 23.3. The lowest BCUT2D eigenvalue weighted by atomic mass is 10.1. The molecule has 0 unspecified atom stereocenters. The summed E-state index contributed by atoms with van der Waals surface area (Å²) >= 11 is 0. The molecule has 0 atom stereocenters. The van der Waals surface area contributed by atoms with Gasteiger partial charge in [-0.1, -0.05) is 37.3 Å². The van der Waals surface area contributed by atoms with Crippen LogP contribution in [0.3, 0.4) is 0 Å². The van der Waals surface area contributed by atoms with E-state index in [2.05, 4.69) is 12.2 Å². The Morgan fingerprint density at radius 3 is 2.22 bits per heavy atom. The van der Waals surface area contributed by atoms with Gasteiger partial charge in [0.25, 0.3) is 5.91 Å². The van der Waals surface area contributed by atoms with E-state index in [0.29, 0.717) is 11.3 Å². The lowest BCUT2D eigenvalue weighted by Gasteiger charge is -2.13. The Labute approximate surface area is 189 Å². The highest BCUT2D eigenvalue weighted by Crippen LogP contribution is 2.23. The third kappa shape index (κ3) is 5.36. The van der Waals surface area contributed by atoms with Crippen LogP contribution in [0.2, 0.25) is 0 Å². The van der Waals surface area contributed by atoms with Gasteiger partial charge >= 0.3 is 0 Å².